The average Bonchev–Trinajstić information content (AvgIpc) is 2.46. The Morgan fingerprint density at radius 1 is 1.25 bits per heavy atom. The van der Waals surface area contributed by atoms with Gasteiger partial charge >= 0.3 is 6.01 Å². The van der Waals surface area contributed by atoms with Crippen LogP contribution in [0.15, 0.2) is 5.16 Å². The molecule has 1 saturated heterocycles. The van der Waals surface area contributed by atoms with Gasteiger partial charge in [-0.25, -0.2) is 0 Å². The van der Waals surface area contributed by atoms with Gasteiger partial charge in [-0.2, -0.15) is 15.0 Å². The molecule has 0 atom stereocenters. The van der Waals surface area contributed by atoms with Crippen molar-refractivity contribution in [2.24, 2.45) is 0 Å². The van der Waals surface area contributed by atoms with E-state index in [-0.39, 0.29) is 0 Å². The Kier molecular flexibility index (Phi) is 6.32. The summed E-state index contributed by atoms with van der Waals surface area (Å²) in [6, 6.07) is 0.410. The van der Waals surface area contributed by atoms with Crippen LogP contribution in [0.3, 0.4) is 0 Å². The molecule has 0 aromatic carbocycles. The first kappa shape index (κ1) is 15.3. The van der Waals surface area contributed by atoms with Gasteiger partial charge in [0, 0.05) is 25.0 Å². The van der Waals surface area contributed by atoms with E-state index in [1.165, 1.54) is 0 Å². The molecule has 1 aliphatic rings. The van der Waals surface area contributed by atoms with Gasteiger partial charge in [0.1, 0.15) is 0 Å². The monoisotopic (exact) mass is 298 g/mol. The van der Waals surface area contributed by atoms with Crippen molar-refractivity contribution in [2.75, 3.05) is 31.7 Å². The van der Waals surface area contributed by atoms with E-state index in [0.29, 0.717) is 23.8 Å². The quantitative estimate of drug-likeness (QED) is 0.828. The first-order valence-corrected chi connectivity index (χ1v) is 8.07. The fourth-order valence-corrected chi connectivity index (χ4v) is 2.82. The van der Waals surface area contributed by atoms with E-state index in [0.717, 1.165) is 44.2 Å². The third-order valence-corrected chi connectivity index (χ3v) is 4.00. The van der Waals surface area contributed by atoms with Gasteiger partial charge in [0.2, 0.25) is 5.95 Å². The van der Waals surface area contributed by atoms with Gasteiger partial charge < -0.3 is 14.8 Å². The number of thioether (sulfide) groups is 1. The molecule has 1 aromatic rings. The van der Waals surface area contributed by atoms with Gasteiger partial charge in [-0.05, 0) is 26.2 Å². The lowest BCUT2D eigenvalue weighted by atomic mass is 10.2. The molecule has 6 nitrogen and oxygen atoms in total. The second kappa shape index (κ2) is 8.26. The molecule has 0 saturated carbocycles. The first-order valence-electron chi connectivity index (χ1n) is 7.19. The molecule has 0 bridgehead atoms. The van der Waals surface area contributed by atoms with Crippen LogP contribution in [-0.4, -0.2) is 46.6 Å². The number of ether oxygens (including phenoxy) is 2. The van der Waals surface area contributed by atoms with Crippen LogP contribution in [0.5, 0.6) is 6.01 Å². The summed E-state index contributed by atoms with van der Waals surface area (Å²) in [5.41, 5.74) is 0. The maximum Gasteiger partial charge on any atom is 0.322 e. The average molecular weight is 298 g/mol. The number of aromatic nitrogens is 3. The van der Waals surface area contributed by atoms with Crippen LogP contribution >= 0.6 is 11.8 Å². The van der Waals surface area contributed by atoms with Crippen molar-refractivity contribution in [3.63, 3.8) is 0 Å². The lowest BCUT2D eigenvalue weighted by Gasteiger charge is -2.20. The zero-order chi connectivity index (χ0) is 14.2. The third-order valence-electron chi connectivity index (χ3n) is 2.80. The van der Waals surface area contributed by atoms with Crippen molar-refractivity contribution in [1.29, 1.82) is 0 Å². The summed E-state index contributed by atoms with van der Waals surface area (Å²) in [4.78, 5) is 13.1. The van der Waals surface area contributed by atoms with Gasteiger partial charge in [-0.1, -0.05) is 18.7 Å². The molecule has 0 unspecified atom stereocenters. The highest BCUT2D eigenvalue weighted by Crippen LogP contribution is 2.28. The van der Waals surface area contributed by atoms with Gasteiger partial charge in [-0.3, -0.25) is 0 Å². The van der Waals surface area contributed by atoms with Crippen molar-refractivity contribution in [1.82, 2.24) is 15.0 Å². The molecular weight excluding hydrogens is 276 g/mol. The van der Waals surface area contributed by atoms with Crippen LogP contribution in [0.4, 0.5) is 5.95 Å². The number of nitrogens with one attached hydrogen (secondary N) is 1. The second-order valence-corrected chi connectivity index (χ2v) is 5.80. The van der Waals surface area contributed by atoms with Crippen molar-refractivity contribution in [2.45, 2.75) is 43.5 Å². The number of hydrogen-bond donors (Lipinski definition) is 1. The summed E-state index contributed by atoms with van der Waals surface area (Å²) in [5, 5.41) is 4.37. The minimum atomic E-state index is 0.410. The molecule has 0 spiro atoms. The molecule has 1 N–H and O–H groups in total. The molecule has 112 valence electrons. The van der Waals surface area contributed by atoms with Gasteiger partial charge in [0.15, 0.2) is 5.16 Å². The summed E-state index contributed by atoms with van der Waals surface area (Å²) in [6.07, 6.45) is 3.01. The summed E-state index contributed by atoms with van der Waals surface area (Å²) < 4.78 is 10.9. The topological polar surface area (TPSA) is 69.2 Å². The van der Waals surface area contributed by atoms with Crippen LogP contribution in [0.25, 0.3) is 0 Å². The Labute approximate surface area is 124 Å². The smallest absolute Gasteiger partial charge is 0.322 e. The number of anilines is 1. The van der Waals surface area contributed by atoms with E-state index in [1.807, 2.05) is 6.92 Å². The van der Waals surface area contributed by atoms with Crippen LogP contribution in [-0.2, 0) is 4.74 Å². The Balaban J connectivity index is 2.06. The molecule has 7 heteroatoms. The Morgan fingerprint density at radius 3 is 2.75 bits per heavy atom. The van der Waals surface area contributed by atoms with Crippen molar-refractivity contribution in [3.05, 3.63) is 0 Å². The minimum Gasteiger partial charge on any atom is -0.463 e. The highest BCUT2D eigenvalue weighted by Gasteiger charge is 2.18. The van der Waals surface area contributed by atoms with E-state index in [1.54, 1.807) is 11.8 Å². The van der Waals surface area contributed by atoms with E-state index in [9.17, 15) is 0 Å². The molecule has 20 heavy (non-hydrogen) atoms. The number of hydrogen-bond acceptors (Lipinski definition) is 7. The molecule has 1 fully saturated rings. The molecule has 2 rings (SSSR count). The normalized spacial score (nSPS) is 16.1. The fraction of sp³-hybridized carbons (Fsp3) is 0.769. The highest BCUT2D eigenvalue weighted by atomic mass is 32.2. The second-order valence-electron chi connectivity index (χ2n) is 4.53. The standard InChI is InChI=1S/C13H22N4O2S/c1-3-7-19-12-15-11(14-4-2)16-13(17-12)20-10-5-8-18-9-6-10/h10H,3-9H2,1-2H3,(H,14,15,16,17). The van der Waals surface area contributed by atoms with E-state index in [4.69, 9.17) is 9.47 Å². The van der Waals surface area contributed by atoms with Gasteiger partial charge in [0.05, 0.1) is 6.61 Å². The maximum absolute atomic E-state index is 5.53. The SMILES string of the molecule is CCCOc1nc(NCC)nc(SC2CCOCC2)n1. The van der Waals surface area contributed by atoms with Crippen molar-refractivity contribution in [3.8, 4) is 6.01 Å². The van der Waals surface area contributed by atoms with Gasteiger partial charge in [0.25, 0.3) is 0 Å². The molecule has 0 aliphatic carbocycles. The van der Waals surface area contributed by atoms with Crippen molar-refractivity contribution >= 4 is 17.7 Å². The maximum atomic E-state index is 5.53. The lowest BCUT2D eigenvalue weighted by molar-refractivity contribution is 0.1000. The minimum absolute atomic E-state index is 0.410. The Hall–Kier alpha value is -1.08. The van der Waals surface area contributed by atoms with E-state index in [2.05, 4.69) is 27.2 Å². The third kappa shape index (κ3) is 4.79. The number of nitrogens with zero attached hydrogens (tertiary/aromatic N) is 3. The molecular formula is C13H22N4O2S. The first-order chi connectivity index (χ1) is 9.81. The van der Waals surface area contributed by atoms with Crippen LogP contribution < -0.4 is 10.1 Å². The zero-order valence-electron chi connectivity index (χ0n) is 12.1. The molecule has 0 amide bonds. The predicted molar refractivity (Wildman–Crippen MR) is 79.5 cm³/mol. The summed E-state index contributed by atoms with van der Waals surface area (Å²) in [7, 11) is 0. The molecule has 2 heterocycles. The molecule has 1 aromatic heterocycles. The summed E-state index contributed by atoms with van der Waals surface area (Å²) in [6.45, 7) is 7.12. The van der Waals surface area contributed by atoms with Crippen molar-refractivity contribution < 1.29 is 9.47 Å². The number of rotatable bonds is 7. The summed E-state index contributed by atoms with van der Waals surface area (Å²) in [5.74, 6) is 0.586. The lowest BCUT2D eigenvalue weighted by Crippen LogP contribution is -2.18. The Morgan fingerprint density at radius 2 is 2.05 bits per heavy atom. The Bertz CT molecular complexity index is 413. The van der Waals surface area contributed by atoms with Crippen LogP contribution in [0.2, 0.25) is 0 Å². The van der Waals surface area contributed by atoms with Crippen LogP contribution in [0, 0.1) is 0 Å². The fourth-order valence-electron chi connectivity index (χ4n) is 1.83. The molecule has 0 radical (unpaired) electrons. The predicted octanol–water partition coefficient (Wildman–Crippen LogP) is 2.36. The zero-order valence-corrected chi connectivity index (χ0v) is 12.9. The van der Waals surface area contributed by atoms with E-state index >= 15 is 0 Å². The highest BCUT2D eigenvalue weighted by molar-refractivity contribution is 7.99. The largest absolute Gasteiger partial charge is 0.463 e. The van der Waals surface area contributed by atoms with Gasteiger partial charge in [-0.15, -0.1) is 0 Å². The molecule has 1 aliphatic heterocycles. The van der Waals surface area contributed by atoms with E-state index < -0.39 is 0 Å². The van der Waals surface area contributed by atoms with Crippen LogP contribution in [0.1, 0.15) is 33.1 Å². The summed E-state index contributed by atoms with van der Waals surface area (Å²) >= 11 is 1.69.